The SMILES string of the molecule is COC(=O)[C@@H](N)CC1=CCC(O)(OC)C=C1.Cl. The molecule has 0 amide bonds. The Morgan fingerprint density at radius 3 is 2.71 bits per heavy atom. The number of aliphatic hydroxyl groups is 1. The lowest BCUT2D eigenvalue weighted by molar-refractivity contribution is -0.143. The van der Waals surface area contributed by atoms with E-state index < -0.39 is 17.8 Å². The van der Waals surface area contributed by atoms with Gasteiger partial charge in [0.15, 0.2) is 5.79 Å². The first-order valence-electron chi connectivity index (χ1n) is 5.00. The Hall–Kier alpha value is -0.880. The maximum absolute atomic E-state index is 11.1. The third-order valence-electron chi connectivity index (χ3n) is 2.53. The number of hydrogen-bond donors (Lipinski definition) is 2. The van der Waals surface area contributed by atoms with Crippen molar-refractivity contribution in [2.24, 2.45) is 5.73 Å². The number of carbonyl (C=O) groups is 1. The molecule has 1 aliphatic carbocycles. The number of methoxy groups -OCH3 is 2. The highest BCUT2D eigenvalue weighted by molar-refractivity contribution is 5.85. The third kappa shape index (κ3) is 4.47. The maximum Gasteiger partial charge on any atom is 0.322 e. The molecule has 0 saturated heterocycles. The second kappa shape index (κ2) is 6.76. The van der Waals surface area contributed by atoms with E-state index in [0.717, 1.165) is 5.57 Å². The molecule has 0 fully saturated rings. The van der Waals surface area contributed by atoms with Crippen molar-refractivity contribution in [3.05, 3.63) is 23.8 Å². The molecule has 3 N–H and O–H groups in total. The van der Waals surface area contributed by atoms with Gasteiger partial charge in [0.25, 0.3) is 0 Å². The van der Waals surface area contributed by atoms with E-state index in [0.29, 0.717) is 12.8 Å². The Morgan fingerprint density at radius 2 is 2.29 bits per heavy atom. The van der Waals surface area contributed by atoms with Gasteiger partial charge in [-0.3, -0.25) is 4.79 Å². The average molecular weight is 264 g/mol. The second-order valence-corrected chi connectivity index (χ2v) is 3.70. The predicted molar refractivity (Wildman–Crippen MR) is 65.7 cm³/mol. The topological polar surface area (TPSA) is 81.8 Å². The molecule has 5 nitrogen and oxygen atoms in total. The van der Waals surface area contributed by atoms with Gasteiger partial charge in [0.05, 0.1) is 7.11 Å². The van der Waals surface area contributed by atoms with Crippen molar-refractivity contribution >= 4 is 18.4 Å². The summed E-state index contributed by atoms with van der Waals surface area (Å²) in [6.07, 6.45) is 5.79. The summed E-state index contributed by atoms with van der Waals surface area (Å²) in [7, 11) is 2.74. The fraction of sp³-hybridized carbons (Fsp3) is 0.545. The highest BCUT2D eigenvalue weighted by atomic mass is 35.5. The molecule has 0 aromatic rings. The first-order valence-corrected chi connectivity index (χ1v) is 5.00. The molecule has 0 aromatic heterocycles. The van der Waals surface area contributed by atoms with Crippen LogP contribution in [-0.2, 0) is 14.3 Å². The van der Waals surface area contributed by atoms with Gasteiger partial charge in [0.2, 0.25) is 0 Å². The number of esters is 1. The van der Waals surface area contributed by atoms with Gasteiger partial charge in [0.1, 0.15) is 6.04 Å². The zero-order valence-corrected chi connectivity index (χ0v) is 10.7. The van der Waals surface area contributed by atoms with Crippen molar-refractivity contribution in [2.45, 2.75) is 24.7 Å². The van der Waals surface area contributed by atoms with Gasteiger partial charge in [-0.15, -0.1) is 12.4 Å². The van der Waals surface area contributed by atoms with E-state index in [1.807, 2.05) is 0 Å². The minimum absolute atomic E-state index is 0. The van der Waals surface area contributed by atoms with Crippen molar-refractivity contribution in [3.8, 4) is 0 Å². The van der Waals surface area contributed by atoms with Gasteiger partial charge in [-0.2, -0.15) is 0 Å². The van der Waals surface area contributed by atoms with Crippen molar-refractivity contribution < 1.29 is 19.4 Å². The van der Waals surface area contributed by atoms with Gasteiger partial charge < -0.3 is 20.3 Å². The highest BCUT2D eigenvalue weighted by Gasteiger charge is 2.25. The minimum Gasteiger partial charge on any atom is -0.468 e. The number of halogens is 1. The number of carbonyl (C=O) groups excluding carboxylic acids is 1. The Bertz CT molecular complexity index is 329. The van der Waals surface area contributed by atoms with Crippen LogP contribution in [0.1, 0.15) is 12.8 Å². The summed E-state index contributed by atoms with van der Waals surface area (Å²) in [6.45, 7) is 0. The maximum atomic E-state index is 11.1. The molecular weight excluding hydrogens is 246 g/mol. The van der Waals surface area contributed by atoms with Crippen LogP contribution in [-0.4, -0.2) is 37.1 Å². The van der Waals surface area contributed by atoms with E-state index in [-0.39, 0.29) is 12.4 Å². The lowest BCUT2D eigenvalue weighted by Gasteiger charge is -2.25. The number of hydrogen-bond acceptors (Lipinski definition) is 5. The summed E-state index contributed by atoms with van der Waals surface area (Å²) in [5, 5.41) is 9.71. The van der Waals surface area contributed by atoms with E-state index in [4.69, 9.17) is 10.5 Å². The van der Waals surface area contributed by atoms with E-state index in [1.165, 1.54) is 14.2 Å². The standard InChI is InChI=1S/C11H17NO4.ClH/c1-15-10(13)9(12)7-8-3-5-11(14,16-2)6-4-8;/h3-5,9,14H,6-7,12H2,1-2H3;1H/t9-,11?;/m0./s1. The molecule has 0 aromatic carbocycles. The van der Waals surface area contributed by atoms with Crippen molar-refractivity contribution in [2.75, 3.05) is 14.2 Å². The lowest BCUT2D eigenvalue weighted by atomic mass is 9.97. The van der Waals surface area contributed by atoms with E-state index in [9.17, 15) is 9.90 Å². The van der Waals surface area contributed by atoms with Crippen molar-refractivity contribution in [3.63, 3.8) is 0 Å². The summed E-state index contributed by atoms with van der Waals surface area (Å²) in [5.74, 6) is -1.68. The first kappa shape index (κ1) is 16.1. The molecule has 0 aliphatic heterocycles. The summed E-state index contributed by atoms with van der Waals surface area (Å²) in [6, 6.07) is -0.672. The van der Waals surface area contributed by atoms with Crippen LogP contribution >= 0.6 is 12.4 Å². The number of nitrogens with two attached hydrogens (primary N) is 1. The van der Waals surface area contributed by atoms with Crippen LogP contribution in [0.5, 0.6) is 0 Å². The number of rotatable bonds is 4. The Balaban J connectivity index is 0.00000256. The zero-order valence-electron chi connectivity index (χ0n) is 9.88. The van der Waals surface area contributed by atoms with Gasteiger partial charge >= 0.3 is 5.97 Å². The van der Waals surface area contributed by atoms with Crippen LogP contribution in [0.4, 0.5) is 0 Å². The molecule has 0 bridgehead atoms. The van der Waals surface area contributed by atoms with E-state index in [2.05, 4.69) is 4.74 Å². The van der Waals surface area contributed by atoms with Crippen LogP contribution < -0.4 is 5.73 Å². The minimum atomic E-state index is -1.24. The van der Waals surface area contributed by atoms with Crippen LogP contribution in [0.25, 0.3) is 0 Å². The zero-order chi connectivity index (χ0) is 12.2. The average Bonchev–Trinajstić information content (AvgIpc) is 2.31. The molecule has 0 spiro atoms. The predicted octanol–water partition coefficient (Wildman–Crippen LogP) is 0.520. The Labute approximate surface area is 107 Å². The van der Waals surface area contributed by atoms with Gasteiger partial charge in [-0.1, -0.05) is 12.2 Å². The van der Waals surface area contributed by atoms with Crippen molar-refractivity contribution in [1.82, 2.24) is 0 Å². The Kier molecular flexibility index (Phi) is 6.41. The van der Waals surface area contributed by atoms with E-state index >= 15 is 0 Å². The lowest BCUT2D eigenvalue weighted by Crippen LogP contribution is -2.33. The molecule has 98 valence electrons. The van der Waals surface area contributed by atoms with Crippen LogP contribution in [0.15, 0.2) is 23.8 Å². The molecule has 0 heterocycles. The van der Waals surface area contributed by atoms with Crippen molar-refractivity contribution in [1.29, 1.82) is 0 Å². The third-order valence-corrected chi connectivity index (χ3v) is 2.53. The molecule has 1 unspecified atom stereocenters. The molecule has 1 rings (SSSR count). The first-order chi connectivity index (χ1) is 7.50. The summed E-state index contributed by atoms with van der Waals surface area (Å²) < 4.78 is 9.43. The number of ether oxygens (including phenoxy) is 2. The smallest absolute Gasteiger partial charge is 0.322 e. The summed E-state index contributed by atoms with van der Waals surface area (Å²) >= 11 is 0. The summed E-state index contributed by atoms with van der Waals surface area (Å²) in [5.41, 5.74) is 6.50. The normalized spacial score (nSPS) is 24.6. The molecule has 17 heavy (non-hydrogen) atoms. The largest absolute Gasteiger partial charge is 0.468 e. The van der Waals surface area contributed by atoms with Crippen LogP contribution in [0.2, 0.25) is 0 Å². The van der Waals surface area contributed by atoms with E-state index in [1.54, 1.807) is 18.2 Å². The fourth-order valence-corrected chi connectivity index (χ4v) is 1.44. The van der Waals surface area contributed by atoms with Gasteiger partial charge in [0, 0.05) is 13.5 Å². The molecule has 0 saturated carbocycles. The van der Waals surface area contributed by atoms with Gasteiger partial charge in [-0.05, 0) is 18.1 Å². The summed E-state index contributed by atoms with van der Waals surface area (Å²) in [4.78, 5) is 11.1. The second-order valence-electron chi connectivity index (χ2n) is 3.70. The van der Waals surface area contributed by atoms with Crippen LogP contribution in [0.3, 0.4) is 0 Å². The molecule has 0 radical (unpaired) electrons. The van der Waals surface area contributed by atoms with Crippen LogP contribution in [0, 0.1) is 0 Å². The molecule has 2 atom stereocenters. The quantitative estimate of drug-likeness (QED) is 0.571. The molecule has 6 heteroatoms. The molecular formula is C11H18ClNO4. The highest BCUT2D eigenvalue weighted by Crippen LogP contribution is 2.23. The Morgan fingerprint density at radius 1 is 1.65 bits per heavy atom. The molecule has 1 aliphatic rings. The monoisotopic (exact) mass is 263 g/mol. The van der Waals surface area contributed by atoms with Gasteiger partial charge in [-0.25, -0.2) is 0 Å². The number of allylic oxidation sites excluding steroid dienone is 1. The fourth-order valence-electron chi connectivity index (χ4n) is 1.44.